The maximum absolute atomic E-state index is 13.4. The number of carbonyl (C=O) groups is 3. The van der Waals surface area contributed by atoms with Crippen molar-refractivity contribution < 1.29 is 41.8 Å². The number of alkyl halides is 3. The van der Waals surface area contributed by atoms with Gasteiger partial charge in [-0.2, -0.15) is 13.2 Å². The molecule has 1 atom stereocenters. The number of rotatable bonds is 20. The normalized spacial score (nSPS) is 11.9. The molecule has 0 amide bonds. The van der Waals surface area contributed by atoms with Gasteiger partial charge in [-0.15, -0.1) is 0 Å². The van der Waals surface area contributed by atoms with Crippen LogP contribution in [0.5, 0.6) is 5.75 Å². The largest absolute Gasteiger partial charge is 0.462 e. The van der Waals surface area contributed by atoms with Crippen LogP contribution in [0.4, 0.5) is 13.2 Å². The number of hydrogen-bond donors (Lipinski definition) is 0. The fourth-order valence-corrected chi connectivity index (χ4v) is 5.15. The van der Waals surface area contributed by atoms with E-state index in [-0.39, 0.29) is 17.7 Å². The first kappa shape index (κ1) is 38.3. The number of esters is 3. The molecule has 6 nitrogen and oxygen atoms in total. The van der Waals surface area contributed by atoms with E-state index in [1.807, 2.05) is 6.92 Å². The summed E-state index contributed by atoms with van der Waals surface area (Å²) in [6.45, 7) is 4.54. The fraction of sp³-hybridized carbons (Fsp3) is 0.462. The van der Waals surface area contributed by atoms with E-state index >= 15 is 0 Å². The third-order valence-electron chi connectivity index (χ3n) is 8.04. The Bertz CT molecular complexity index is 1400. The Hall–Kier alpha value is -4.14. The smallest absolute Gasteiger partial charge is 0.425 e. The van der Waals surface area contributed by atoms with Gasteiger partial charge in [-0.05, 0) is 78.9 Å². The quantitative estimate of drug-likeness (QED) is 0.0677. The van der Waals surface area contributed by atoms with Gasteiger partial charge in [-0.1, -0.05) is 102 Å². The monoisotopic (exact) mass is 668 g/mol. The third-order valence-corrected chi connectivity index (χ3v) is 8.04. The topological polar surface area (TPSA) is 78.9 Å². The minimum Gasteiger partial charge on any atom is -0.462 e. The molecule has 9 heteroatoms. The second kappa shape index (κ2) is 20.3. The first-order chi connectivity index (χ1) is 23.1. The molecule has 0 heterocycles. The molecule has 0 bridgehead atoms. The highest BCUT2D eigenvalue weighted by Crippen LogP contribution is 2.29. The zero-order valence-corrected chi connectivity index (χ0v) is 28.0. The number of ether oxygens (including phenoxy) is 3. The lowest BCUT2D eigenvalue weighted by atomic mass is 10.0. The molecule has 0 fully saturated rings. The molecular formula is C39H47F3O6. The van der Waals surface area contributed by atoms with Gasteiger partial charge in [0.25, 0.3) is 0 Å². The number of unbranched alkanes of at least 4 members (excludes halogenated alkanes) is 10. The van der Waals surface area contributed by atoms with Gasteiger partial charge < -0.3 is 14.2 Å². The molecule has 1 unspecified atom stereocenters. The van der Waals surface area contributed by atoms with E-state index in [4.69, 9.17) is 14.2 Å². The second-order valence-corrected chi connectivity index (χ2v) is 12.0. The van der Waals surface area contributed by atoms with Crippen LogP contribution in [0.3, 0.4) is 0 Å². The van der Waals surface area contributed by atoms with E-state index in [2.05, 4.69) is 6.92 Å². The molecule has 0 saturated carbocycles. The molecule has 0 aliphatic rings. The standard InChI is InChI=1S/C39H47F3O6/c1-3-5-7-9-10-11-12-14-28-46-36(43)31-24-26-34(27-25-31)47-37(44)32-20-16-29(17-21-32)30-18-22-33(23-19-30)38(45)48-35(39(40,41)42)15-13-8-6-4-2/h16-27,35H,3-15,28H2,1-2H3. The molecule has 3 rings (SSSR count). The molecule has 0 aliphatic carbocycles. The summed E-state index contributed by atoms with van der Waals surface area (Å²) in [6.07, 6.45) is 4.94. The summed E-state index contributed by atoms with van der Waals surface area (Å²) in [7, 11) is 0. The van der Waals surface area contributed by atoms with Crippen LogP contribution < -0.4 is 4.74 Å². The van der Waals surface area contributed by atoms with Crippen LogP contribution in [-0.2, 0) is 9.47 Å². The number of halogens is 3. The lowest BCUT2D eigenvalue weighted by Gasteiger charge is -2.20. The Morgan fingerprint density at radius 3 is 1.52 bits per heavy atom. The predicted molar refractivity (Wildman–Crippen MR) is 180 cm³/mol. The lowest BCUT2D eigenvalue weighted by molar-refractivity contribution is -0.206. The SMILES string of the molecule is CCCCCCCCCCOC(=O)c1ccc(OC(=O)c2ccc(-c3ccc(C(=O)OC(CCCCCC)C(F)(F)F)cc3)cc2)cc1. The Kier molecular flexibility index (Phi) is 16.2. The summed E-state index contributed by atoms with van der Waals surface area (Å²) < 4.78 is 55.9. The molecule has 0 radical (unpaired) electrons. The van der Waals surface area contributed by atoms with Crippen LogP contribution in [-0.4, -0.2) is 36.8 Å². The average Bonchev–Trinajstić information content (AvgIpc) is 3.08. The van der Waals surface area contributed by atoms with Crippen molar-refractivity contribution in [3.63, 3.8) is 0 Å². The van der Waals surface area contributed by atoms with Gasteiger partial charge >= 0.3 is 24.1 Å². The van der Waals surface area contributed by atoms with E-state index in [0.29, 0.717) is 36.1 Å². The third kappa shape index (κ3) is 13.2. The van der Waals surface area contributed by atoms with Gasteiger partial charge in [0.05, 0.1) is 23.3 Å². The molecule has 3 aromatic carbocycles. The van der Waals surface area contributed by atoms with E-state index in [1.54, 1.807) is 48.5 Å². The summed E-state index contributed by atoms with van der Waals surface area (Å²) in [5.41, 5.74) is 2.11. The maximum Gasteiger partial charge on any atom is 0.425 e. The zero-order valence-electron chi connectivity index (χ0n) is 28.0. The van der Waals surface area contributed by atoms with Crippen molar-refractivity contribution in [1.82, 2.24) is 0 Å². The van der Waals surface area contributed by atoms with Crippen LogP contribution in [0.2, 0.25) is 0 Å². The summed E-state index contributed by atoms with van der Waals surface area (Å²) in [4.78, 5) is 37.5. The summed E-state index contributed by atoms with van der Waals surface area (Å²) in [5.74, 6) is -1.75. The number of carbonyl (C=O) groups excluding carboxylic acids is 3. The highest BCUT2D eigenvalue weighted by atomic mass is 19.4. The molecule has 0 N–H and O–H groups in total. The van der Waals surface area contributed by atoms with E-state index < -0.39 is 30.2 Å². The number of benzene rings is 3. The first-order valence-electron chi connectivity index (χ1n) is 17.1. The van der Waals surface area contributed by atoms with Crippen molar-refractivity contribution in [2.24, 2.45) is 0 Å². The summed E-state index contributed by atoms with van der Waals surface area (Å²) >= 11 is 0. The number of hydrogen-bond acceptors (Lipinski definition) is 6. The minimum absolute atomic E-state index is 0.0181. The highest BCUT2D eigenvalue weighted by Gasteiger charge is 2.42. The second-order valence-electron chi connectivity index (χ2n) is 12.0. The molecule has 48 heavy (non-hydrogen) atoms. The fourth-order valence-electron chi connectivity index (χ4n) is 5.15. The summed E-state index contributed by atoms with van der Waals surface area (Å²) in [5, 5.41) is 0. The van der Waals surface area contributed by atoms with Gasteiger partial charge in [0.15, 0.2) is 6.10 Å². The van der Waals surface area contributed by atoms with E-state index in [1.165, 1.54) is 56.4 Å². The Morgan fingerprint density at radius 1 is 0.562 bits per heavy atom. The van der Waals surface area contributed by atoms with Gasteiger partial charge in [0.1, 0.15) is 5.75 Å². The molecule has 0 aliphatic heterocycles. The molecule has 260 valence electrons. The highest BCUT2D eigenvalue weighted by molar-refractivity contribution is 5.93. The predicted octanol–water partition coefficient (Wildman–Crippen LogP) is 10.9. The molecular weight excluding hydrogens is 621 g/mol. The average molecular weight is 669 g/mol. The lowest BCUT2D eigenvalue weighted by Crippen LogP contribution is -2.33. The van der Waals surface area contributed by atoms with Crippen molar-refractivity contribution in [3.05, 3.63) is 89.5 Å². The van der Waals surface area contributed by atoms with E-state index in [0.717, 1.165) is 37.7 Å². The summed E-state index contributed by atoms with van der Waals surface area (Å²) in [6, 6.07) is 18.8. The van der Waals surface area contributed by atoms with Gasteiger partial charge in [0.2, 0.25) is 0 Å². The van der Waals surface area contributed by atoms with Crippen LogP contribution in [0.25, 0.3) is 11.1 Å². The minimum atomic E-state index is -4.63. The van der Waals surface area contributed by atoms with Crippen molar-refractivity contribution in [2.75, 3.05) is 6.61 Å². The molecule has 0 spiro atoms. The Balaban J connectivity index is 1.46. The van der Waals surface area contributed by atoms with Gasteiger partial charge in [-0.25, -0.2) is 14.4 Å². The van der Waals surface area contributed by atoms with Crippen LogP contribution >= 0.6 is 0 Å². The Labute approximate surface area is 282 Å². The van der Waals surface area contributed by atoms with Crippen molar-refractivity contribution in [1.29, 1.82) is 0 Å². The van der Waals surface area contributed by atoms with Crippen LogP contribution in [0, 0.1) is 0 Å². The van der Waals surface area contributed by atoms with Crippen molar-refractivity contribution in [3.8, 4) is 16.9 Å². The molecule has 0 saturated heterocycles. The zero-order chi connectivity index (χ0) is 34.8. The van der Waals surface area contributed by atoms with Crippen molar-refractivity contribution >= 4 is 17.9 Å². The van der Waals surface area contributed by atoms with Crippen LogP contribution in [0.1, 0.15) is 128 Å². The van der Waals surface area contributed by atoms with Crippen molar-refractivity contribution in [2.45, 2.75) is 110 Å². The van der Waals surface area contributed by atoms with Gasteiger partial charge in [-0.3, -0.25) is 0 Å². The Morgan fingerprint density at radius 2 is 1.00 bits per heavy atom. The molecule has 3 aromatic rings. The van der Waals surface area contributed by atoms with Crippen LogP contribution in [0.15, 0.2) is 72.8 Å². The first-order valence-corrected chi connectivity index (χ1v) is 17.1. The van der Waals surface area contributed by atoms with Gasteiger partial charge in [0, 0.05) is 0 Å². The molecule has 0 aromatic heterocycles. The maximum atomic E-state index is 13.4. The van der Waals surface area contributed by atoms with E-state index in [9.17, 15) is 27.6 Å².